The van der Waals surface area contributed by atoms with E-state index in [1.54, 1.807) is 30.0 Å². The second-order valence-corrected chi connectivity index (χ2v) is 8.44. The van der Waals surface area contributed by atoms with Crippen molar-refractivity contribution in [2.45, 2.75) is 25.3 Å². The minimum atomic E-state index is -0.318. The molecular formula is C23H22N6O5. The van der Waals surface area contributed by atoms with Gasteiger partial charge in [-0.3, -0.25) is 19.4 Å². The number of methoxy groups -OCH3 is 1. The van der Waals surface area contributed by atoms with Gasteiger partial charge in [0.05, 0.1) is 18.5 Å². The minimum absolute atomic E-state index is 0.146. The Hall–Kier alpha value is -3.99. The normalized spacial score (nSPS) is 19.6. The molecule has 0 saturated carbocycles. The van der Waals surface area contributed by atoms with Gasteiger partial charge in [-0.15, -0.1) is 5.10 Å². The smallest absolute Gasteiger partial charge is 0.234 e. The first kappa shape index (κ1) is 20.6. The fourth-order valence-corrected chi connectivity index (χ4v) is 4.94. The number of anilines is 1. The van der Waals surface area contributed by atoms with E-state index in [4.69, 9.17) is 14.2 Å². The molecule has 3 aliphatic rings. The molecule has 6 rings (SSSR count). The van der Waals surface area contributed by atoms with Crippen molar-refractivity contribution in [3.05, 3.63) is 47.3 Å². The zero-order valence-corrected chi connectivity index (χ0v) is 18.7. The number of fused-ring (bicyclic) bond motifs is 2. The predicted molar refractivity (Wildman–Crippen MR) is 118 cm³/mol. The van der Waals surface area contributed by atoms with E-state index in [1.807, 2.05) is 19.2 Å². The summed E-state index contributed by atoms with van der Waals surface area (Å²) in [5.41, 5.74) is 3.16. The fraction of sp³-hybridized carbons (Fsp3) is 0.348. The Morgan fingerprint density at radius 3 is 2.65 bits per heavy atom. The molecule has 1 atom stereocenters. The highest BCUT2D eigenvalue weighted by atomic mass is 16.7. The quantitative estimate of drug-likeness (QED) is 0.534. The van der Waals surface area contributed by atoms with Crippen molar-refractivity contribution in [3.8, 4) is 22.9 Å². The lowest BCUT2D eigenvalue weighted by Crippen LogP contribution is -2.35. The number of carbonyl (C=O) groups excluding carboxylic acids is 2. The topological polar surface area (TPSA) is 112 Å². The Balaban J connectivity index is 1.47. The van der Waals surface area contributed by atoms with Gasteiger partial charge >= 0.3 is 0 Å². The first-order valence-electron chi connectivity index (χ1n) is 11.0. The number of aromatic nitrogens is 4. The molecule has 0 bridgehead atoms. The van der Waals surface area contributed by atoms with Crippen LogP contribution >= 0.6 is 0 Å². The Morgan fingerprint density at radius 1 is 1.06 bits per heavy atom. The lowest BCUT2D eigenvalue weighted by molar-refractivity contribution is -0.121. The van der Waals surface area contributed by atoms with E-state index in [9.17, 15) is 9.59 Å². The average molecular weight is 462 g/mol. The first-order chi connectivity index (χ1) is 16.6. The van der Waals surface area contributed by atoms with Crippen molar-refractivity contribution in [1.29, 1.82) is 0 Å². The summed E-state index contributed by atoms with van der Waals surface area (Å²) >= 11 is 0. The molecule has 2 amide bonds. The van der Waals surface area contributed by atoms with Crippen molar-refractivity contribution >= 4 is 17.5 Å². The summed E-state index contributed by atoms with van der Waals surface area (Å²) in [4.78, 5) is 27.9. The summed E-state index contributed by atoms with van der Waals surface area (Å²) in [6.07, 6.45) is 1.25. The Labute approximate surface area is 194 Å². The standard InChI is InChI=1S/C23H22N6O5/c1-27-9-8-13-10-16-21(34-12-33-16)22(32-2)19(13)20(27)23-24-25-26-29(23)15-5-3-4-14(11-15)28-17(30)6-7-18(28)31/h3-5,10-11,20H,6-9,12H2,1-2H3/t20-/m0/s1. The molecule has 3 aliphatic heterocycles. The van der Waals surface area contributed by atoms with Crippen LogP contribution in [-0.4, -0.2) is 64.4 Å². The van der Waals surface area contributed by atoms with Crippen molar-refractivity contribution in [1.82, 2.24) is 25.1 Å². The highest BCUT2D eigenvalue weighted by molar-refractivity contribution is 6.19. The van der Waals surface area contributed by atoms with Crippen LogP contribution in [0.3, 0.4) is 0 Å². The molecule has 0 unspecified atom stereocenters. The lowest BCUT2D eigenvalue weighted by Gasteiger charge is -2.34. The van der Waals surface area contributed by atoms with Gasteiger partial charge in [0.15, 0.2) is 17.3 Å². The number of likely N-dealkylation sites (N-methyl/N-ethyl adjacent to an activating group) is 1. The van der Waals surface area contributed by atoms with Gasteiger partial charge in [-0.05, 0) is 53.7 Å². The van der Waals surface area contributed by atoms with Crippen molar-refractivity contribution in [3.63, 3.8) is 0 Å². The van der Waals surface area contributed by atoms with Crippen LogP contribution < -0.4 is 19.1 Å². The maximum absolute atomic E-state index is 12.3. The van der Waals surface area contributed by atoms with Crippen molar-refractivity contribution < 1.29 is 23.8 Å². The monoisotopic (exact) mass is 462 g/mol. The maximum atomic E-state index is 12.3. The van der Waals surface area contributed by atoms with E-state index in [1.165, 1.54) is 4.90 Å². The zero-order chi connectivity index (χ0) is 23.4. The summed E-state index contributed by atoms with van der Waals surface area (Å²) in [6.45, 7) is 0.928. The molecule has 0 aliphatic carbocycles. The molecule has 1 saturated heterocycles. The number of tetrazole rings is 1. The highest BCUT2D eigenvalue weighted by Gasteiger charge is 2.38. The van der Waals surface area contributed by atoms with Crippen LogP contribution in [0.4, 0.5) is 5.69 Å². The van der Waals surface area contributed by atoms with Gasteiger partial charge in [-0.2, -0.15) is 4.68 Å². The number of benzene rings is 2. The SMILES string of the molecule is COc1c2c(cc3c1[C@@H](c1nnnn1-c1cccc(N4C(=O)CCC4=O)c1)N(C)CC3)OCO2. The van der Waals surface area contributed by atoms with Crippen molar-refractivity contribution in [2.24, 2.45) is 0 Å². The van der Waals surface area contributed by atoms with E-state index >= 15 is 0 Å². The average Bonchev–Trinajstić information content (AvgIpc) is 3.58. The predicted octanol–water partition coefficient (Wildman–Crippen LogP) is 1.63. The highest BCUT2D eigenvalue weighted by Crippen LogP contribution is 2.50. The molecule has 0 N–H and O–H groups in total. The van der Waals surface area contributed by atoms with Gasteiger partial charge in [0.2, 0.25) is 24.4 Å². The van der Waals surface area contributed by atoms with Crippen LogP contribution in [0, 0.1) is 0 Å². The van der Waals surface area contributed by atoms with Gasteiger partial charge < -0.3 is 14.2 Å². The van der Waals surface area contributed by atoms with Gasteiger partial charge in [-0.1, -0.05) is 6.07 Å². The number of ether oxygens (including phenoxy) is 3. The Morgan fingerprint density at radius 2 is 1.85 bits per heavy atom. The van der Waals surface area contributed by atoms with Crippen LogP contribution in [0.5, 0.6) is 17.2 Å². The second kappa shape index (κ2) is 7.80. The summed E-state index contributed by atoms with van der Waals surface area (Å²) in [6, 6.07) is 8.80. The van der Waals surface area contributed by atoms with Crippen LogP contribution in [0.2, 0.25) is 0 Å². The largest absolute Gasteiger partial charge is 0.492 e. The van der Waals surface area contributed by atoms with Crippen LogP contribution in [0.1, 0.15) is 35.8 Å². The van der Waals surface area contributed by atoms with Crippen molar-refractivity contribution in [2.75, 3.05) is 32.4 Å². The number of hydrogen-bond donors (Lipinski definition) is 0. The lowest BCUT2D eigenvalue weighted by atomic mass is 9.90. The summed E-state index contributed by atoms with van der Waals surface area (Å²) < 4.78 is 18.7. The zero-order valence-electron chi connectivity index (χ0n) is 18.7. The van der Waals surface area contributed by atoms with E-state index in [2.05, 4.69) is 20.4 Å². The molecule has 34 heavy (non-hydrogen) atoms. The third kappa shape index (κ3) is 3.04. The Bertz CT molecular complexity index is 1310. The molecule has 2 aromatic carbocycles. The molecule has 1 aromatic heterocycles. The van der Waals surface area contributed by atoms with Crippen LogP contribution in [0.15, 0.2) is 30.3 Å². The third-order valence-corrected chi connectivity index (χ3v) is 6.52. The first-order valence-corrected chi connectivity index (χ1v) is 11.0. The molecule has 4 heterocycles. The molecule has 1 fully saturated rings. The van der Waals surface area contributed by atoms with E-state index in [0.717, 1.165) is 24.1 Å². The third-order valence-electron chi connectivity index (χ3n) is 6.52. The van der Waals surface area contributed by atoms with Gasteiger partial charge in [0, 0.05) is 24.9 Å². The molecule has 11 nitrogen and oxygen atoms in total. The molecule has 11 heteroatoms. The number of amides is 2. The van der Waals surface area contributed by atoms with Gasteiger partial charge in [0.1, 0.15) is 6.04 Å². The molecular weight excluding hydrogens is 440 g/mol. The summed E-state index contributed by atoms with van der Waals surface area (Å²) in [7, 11) is 3.62. The molecule has 0 radical (unpaired) electrons. The number of rotatable bonds is 4. The second-order valence-electron chi connectivity index (χ2n) is 8.44. The van der Waals surface area contributed by atoms with E-state index in [-0.39, 0.29) is 37.5 Å². The van der Waals surface area contributed by atoms with Crippen LogP contribution in [-0.2, 0) is 16.0 Å². The number of hydrogen-bond acceptors (Lipinski definition) is 9. The Kier molecular flexibility index (Phi) is 4.73. The summed E-state index contributed by atoms with van der Waals surface area (Å²) in [5.74, 6) is 2.02. The summed E-state index contributed by atoms with van der Waals surface area (Å²) in [5, 5.41) is 12.6. The number of imide groups is 1. The van der Waals surface area contributed by atoms with E-state index in [0.29, 0.717) is 34.4 Å². The number of nitrogens with zero attached hydrogens (tertiary/aromatic N) is 6. The molecule has 174 valence electrons. The van der Waals surface area contributed by atoms with Gasteiger partial charge in [-0.25, -0.2) is 0 Å². The van der Waals surface area contributed by atoms with Crippen LogP contribution in [0.25, 0.3) is 5.69 Å². The van der Waals surface area contributed by atoms with E-state index < -0.39 is 0 Å². The molecule has 3 aromatic rings. The minimum Gasteiger partial charge on any atom is -0.492 e. The number of carbonyl (C=O) groups is 2. The fourth-order valence-electron chi connectivity index (χ4n) is 4.94. The van der Waals surface area contributed by atoms with Gasteiger partial charge in [0.25, 0.3) is 0 Å². The maximum Gasteiger partial charge on any atom is 0.234 e. The molecule has 0 spiro atoms.